The third kappa shape index (κ3) is 2.83. The first kappa shape index (κ1) is 11.6. The normalized spacial score (nSPS) is 13.6. The minimum Gasteiger partial charge on any atom is -0.0875 e. The first-order valence-electron chi connectivity index (χ1n) is 6.05. The molecule has 2 atom stereocenters. The highest BCUT2D eigenvalue weighted by atomic mass is 31.1. The smallest absolute Gasteiger partial charge is 0.0178 e. The van der Waals surface area contributed by atoms with E-state index >= 15 is 0 Å². The zero-order valence-electron chi connectivity index (χ0n) is 10.0. The van der Waals surface area contributed by atoms with Gasteiger partial charge in [0, 0.05) is 0 Å². The van der Waals surface area contributed by atoms with Gasteiger partial charge in [-0.15, -0.1) is 0 Å². The van der Waals surface area contributed by atoms with E-state index in [1.807, 2.05) is 0 Å². The van der Waals surface area contributed by atoms with Crippen LogP contribution in [0, 0.1) is 0 Å². The maximum Gasteiger partial charge on any atom is -0.0178 e. The van der Waals surface area contributed by atoms with Crippen LogP contribution < -0.4 is 5.30 Å². The van der Waals surface area contributed by atoms with E-state index in [9.17, 15) is 0 Å². The van der Waals surface area contributed by atoms with E-state index in [1.165, 1.54) is 28.9 Å². The van der Waals surface area contributed by atoms with Crippen molar-refractivity contribution in [3.8, 4) is 0 Å². The van der Waals surface area contributed by atoms with Crippen molar-refractivity contribution in [1.29, 1.82) is 0 Å². The van der Waals surface area contributed by atoms with Gasteiger partial charge in [-0.1, -0.05) is 65.2 Å². The van der Waals surface area contributed by atoms with Crippen LogP contribution in [0.5, 0.6) is 0 Å². The number of rotatable bonds is 4. The summed E-state index contributed by atoms with van der Waals surface area (Å²) in [7, 11) is 0.948. The van der Waals surface area contributed by atoms with Crippen LogP contribution in [-0.2, 0) is 0 Å². The summed E-state index contributed by atoms with van der Waals surface area (Å²) in [6, 6.07) is 15.5. The molecule has 0 amide bonds. The standard InChI is InChI=1S/C15H19P/c1-3-6-12(2)16-15-10-9-13-7-4-5-8-14(13)11-15/h4-5,7-12,16H,3,6H2,1-2H3. The van der Waals surface area contributed by atoms with Gasteiger partial charge in [0.25, 0.3) is 0 Å². The molecular weight excluding hydrogens is 211 g/mol. The van der Waals surface area contributed by atoms with Gasteiger partial charge >= 0.3 is 0 Å². The largest absolute Gasteiger partial charge is 0.0875 e. The second kappa shape index (κ2) is 5.46. The molecule has 2 unspecified atom stereocenters. The Balaban J connectivity index is 2.19. The van der Waals surface area contributed by atoms with Gasteiger partial charge in [-0.3, -0.25) is 0 Å². The van der Waals surface area contributed by atoms with E-state index in [0.717, 1.165) is 14.2 Å². The summed E-state index contributed by atoms with van der Waals surface area (Å²) < 4.78 is 0. The van der Waals surface area contributed by atoms with E-state index in [1.54, 1.807) is 0 Å². The summed E-state index contributed by atoms with van der Waals surface area (Å²) in [6.07, 6.45) is 2.63. The van der Waals surface area contributed by atoms with E-state index in [4.69, 9.17) is 0 Å². The molecule has 84 valence electrons. The minimum absolute atomic E-state index is 0.825. The number of hydrogen-bond donors (Lipinski definition) is 0. The van der Waals surface area contributed by atoms with E-state index in [0.29, 0.717) is 0 Å². The summed E-state index contributed by atoms with van der Waals surface area (Å²) in [5.41, 5.74) is 0.825. The molecule has 1 heteroatoms. The molecule has 0 nitrogen and oxygen atoms in total. The lowest BCUT2D eigenvalue weighted by molar-refractivity contribution is 0.785. The molecule has 0 spiro atoms. The van der Waals surface area contributed by atoms with Crippen molar-refractivity contribution >= 4 is 24.7 Å². The summed E-state index contributed by atoms with van der Waals surface area (Å²) in [4.78, 5) is 0. The maximum atomic E-state index is 2.36. The van der Waals surface area contributed by atoms with Crippen molar-refractivity contribution in [3.05, 3.63) is 42.5 Å². The molecule has 0 aliphatic rings. The fourth-order valence-corrected chi connectivity index (χ4v) is 3.49. The summed E-state index contributed by atoms with van der Waals surface area (Å²) in [5.74, 6) is 0. The Hall–Kier alpha value is -0.870. The van der Waals surface area contributed by atoms with E-state index < -0.39 is 0 Å². The predicted molar refractivity (Wildman–Crippen MR) is 76.3 cm³/mol. The fraction of sp³-hybridized carbons (Fsp3) is 0.333. The van der Waals surface area contributed by atoms with Gasteiger partial charge in [0.2, 0.25) is 0 Å². The lowest BCUT2D eigenvalue weighted by Crippen LogP contribution is -2.02. The Kier molecular flexibility index (Phi) is 3.96. The van der Waals surface area contributed by atoms with Crippen LogP contribution in [0.1, 0.15) is 26.7 Å². The van der Waals surface area contributed by atoms with Gasteiger partial charge in [0.05, 0.1) is 0 Å². The molecule has 0 radical (unpaired) electrons. The van der Waals surface area contributed by atoms with Crippen LogP contribution in [0.4, 0.5) is 0 Å². The lowest BCUT2D eigenvalue weighted by atomic mass is 10.1. The Morgan fingerprint density at radius 2 is 1.81 bits per heavy atom. The number of hydrogen-bond acceptors (Lipinski definition) is 0. The number of benzene rings is 2. The molecule has 0 aliphatic carbocycles. The minimum atomic E-state index is 0.825. The zero-order valence-corrected chi connectivity index (χ0v) is 11.0. The van der Waals surface area contributed by atoms with Crippen molar-refractivity contribution in [1.82, 2.24) is 0 Å². The second-order valence-corrected chi connectivity index (χ2v) is 6.25. The van der Waals surface area contributed by atoms with Crippen LogP contribution in [0.15, 0.2) is 42.5 Å². The van der Waals surface area contributed by atoms with Gasteiger partial charge in [0.1, 0.15) is 0 Å². The fourth-order valence-electron chi connectivity index (χ4n) is 2.07. The summed E-state index contributed by atoms with van der Waals surface area (Å²) >= 11 is 0. The summed E-state index contributed by atoms with van der Waals surface area (Å²) in [5, 5.41) is 4.22. The molecule has 0 aliphatic heterocycles. The molecule has 16 heavy (non-hydrogen) atoms. The van der Waals surface area contributed by atoms with Gasteiger partial charge in [0.15, 0.2) is 0 Å². The molecule has 2 aromatic rings. The van der Waals surface area contributed by atoms with E-state index in [2.05, 4.69) is 56.3 Å². The quantitative estimate of drug-likeness (QED) is 0.686. The molecular formula is C15H19P. The third-order valence-electron chi connectivity index (χ3n) is 2.88. The molecule has 2 aromatic carbocycles. The Bertz CT molecular complexity index is 462. The van der Waals surface area contributed by atoms with Gasteiger partial charge in [-0.25, -0.2) is 0 Å². The van der Waals surface area contributed by atoms with Crippen molar-refractivity contribution < 1.29 is 0 Å². The Morgan fingerprint density at radius 3 is 2.56 bits per heavy atom. The van der Waals surface area contributed by atoms with Crippen molar-refractivity contribution in [3.63, 3.8) is 0 Å². The first-order valence-corrected chi connectivity index (χ1v) is 7.12. The van der Waals surface area contributed by atoms with E-state index in [-0.39, 0.29) is 0 Å². The van der Waals surface area contributed by atoms with Crippen molar-refractivity contribution in [2.75, 3.05) is 0 Å². The predicted octanol–water partition coefficient (Wildman–Crippen LogP) is 4.33. The van der Waals surface area contributed by atoms with Crippen LogP contribution in [0.3, 0.4) is 0 Å². The lowest BCUT2D eigenvalue weighted by Gasteiger charge is -2.10. The van der Waals surface area contributed by atoms with Crippen LogP contribution >= 0.6 is 8.58 Å². The summed E-state index contributed by atoms with van der Waals surface area (Å²) in [6.45, 7) is 4.62. The topological polar surface area (TPSA) is 0 Å². The molecule has 0 saturated carbocycles. The zero-order chi connectivity index (χ0) is 11.4. The highest BCUT2D eigenvalue weighted by molar-refractivity contribution is 7.48. The first-order chi connectivity index (χ1) is 7.79. The van der Waals surface area contributed by atoms with Crippen LogP contribution in [0.2, 0.25) is 0 Å². The highest BCUT2D eigenvalue weighted by Crippen LogP contribution is 2.24. The average molecular weight is 230 g/mol. The van der Waals surface area contributed by atoms with Crippen molar-refractivity contribution in [2.45, 2.75) is 32.3 Å². The molecule has 0 saturated heterocycles. The van der Waals surface area contributed by atoms with Gasteiger partial charge in [-0.2, -0.15) is 0 Å². The SMILES string of the molecule is CCCC(C)Pc1ccc2ccccc2c1. The Labute approximate surface area is 99.9 Å². The number of fused-ring (bicyclic) bond motifs is 1. The van der Waals surface area contributed by atoms with Gasteiger partial charge in [-0.05, 0) is 34.2 Å². The van der Waals surface area contributed by atoms with Crippen LogP contribution in [0.25, 0.3) is 10.8 Å². The molecule has 0 fully saturated rings. The average Bonchev–Trinajstić information content (AvgIpc) is 2.29. The van der Waals surface area contributed by atoms with Crippen molar-refractivity contribution in [2.24, 2.45) is 0 Å². The molecule has 0 N–H and O–H groups in total. The molecule has 0 aromatic heterocycles. The van der Waals surface area contributed by atoms with Gasteiger partial charge < -0.3 is 0 Å². The second-order valence-electron chi connectivity index (χ2n) is 4.40. The van der Waals surface area contributed by atoms with Crippen LogP contribution in [-0.4, -0.2) is 5.66 Å². The highest BCUT2D eigenvalue weighted by Gasteiger charge is 2.02. The molecule has 2 rings (SSSR count). The maximum absolute atomic E-state index is 2.36. The third-order valence-corrected chi connectivity index (χ3v) is 4.31. The molecule has 0 heterocycles. The molecule has 0 bridgehead atoms. The Morgan fingerprint density at radius 1 is 1.06 bits per heavy atom. The monoisotopic (exact) mass is 230 g/mol.